The zero-order valence-corrected chi connectivity index (χ0v) is 15.5. The van der Waals surface area contributed by atoms with E-state index in [-0.39, 0.29) is 24.1 Å². The molecule has 8 nitrogen and oxygen atoms in total. The van der Waals surface area contributed by atoms with E-state index in [1.165, 1.54) is 0 Å². The maximum Gasteiger partial charge on any atom is 0.317 e. The lowest BCUT2D eigenvalue weighted by Gasteiger charge is -2.35. The van der Waals surface area contributed by atoms with Crippen LogP contribution in [0.25, 0.3) is 0 Å². The predicted molar refractivity (Wildman–Crippen MR) is 97.3 cm³/mol. The van der Waals surface area contributed by atoms with Gasteiger partial charge in [0.05, 0.1) is 23.7 Å². The number of carbonyl (C=O) groups excluding carboxylic acids is 1. The lowest BCUT2D eigenvalue weighted by Crippen LogP contribution is -2.50. The first-order valence-electron chi connectivity index (χ1n) is 8.64. The molecule has 0 saturated carbocycles. The molecular formula is C17H23N5O3S. The van der Waals surface area contributed by atoms with Crippen molar-refractivity contribution in [3.05, 3.63) is 48.0 Å². The number of urea groups is 1. The highest BCUT2D eigenvalue weighted by Gasteiger charge is 2.35. The van der Waals surface area contributed by atoms with Crippen molar-refractivity contribution in [1.29, 1.82) is 0 Å². The van der Waals surface area contributed by atoms with Gasteiger partial charge < -0.3 is 10.2 Å². The molecule has 9 heteroatoms. The van der Waals surface area contributed by atoms with Crippen molar-refractivity contribution >= 4 is 15.9 Å². The summed E-state index contributed by atoms with van der Waals surface area (Å²) in [4.78, 5) is 18.3. The van der Waals surface area contributed by atoms with Crippen molar-refractivity contribution in [3.8, 4) is 0 Å². The number of hydrogen-bond donors (Lipinski definition) is 1. The van der Waals surface area contributed by atoms with Crippen molar-refractivity contribution in [3.63, 3.8) is 0 Å². The van der Waals surface area contributed by atoms with Gasteiger partial charge in [0.25, 0.3) is 0 Å². The van der Waals surface area contributed by atoms with E-state index in [0.29, 0.717) is 19.5 Å². The Labute approximate surface area is 153 Å². The van der Waals surface area contributed by atoms with E-state index in [1.807, 2.05) is 19.1 Å². The fourth-order valence-corrected chi connectivity index (χ4v) is 4.51. The Kier molecular flexibility index (Phi) is 5.55. The topological polar surface area (TPSA) is 97.2 Å². The zero-order valence-electron chi connectivity index (χ0n) is 14.7. The Morgan fingerprint density at radius 2 is 2.23 bits per heavy atom. The van der Waals surface area contributed by atoms with Crippen molar-refractivity contribution in [2.45, 2.75) is 25.9 Å². The molecule has 1 saturated heterocycles. The number of amides is 2. The fraction of sp³-hybridized carbons (Fsp3) is 0.471. The van der Waals surface area contributed by atoms with E-state index in [2.05, 4.69) is 15.4 Å². The average molecular weight is 377 g/mol. The Morgan fingerprint density at radius 3 is 2.92 bits per heavy atom. The van der Waals surface area contributed by atoms with Crippen LogP contribution >= 0.6 is 0 Å². The van der Waals surface area contributed by atoms with Gasteiger partial charge in [0.2, 0.25) is 0 Å². The lowest BCUT2D eigenvalue weighted by molar-refractivity contribution is 0.181. The molecule has 3 heterocycles. The predicted octanol–water partition coefficient (Wildman–Crippen LogP) is 1.02. The van der Waals surface area contributed by atoms with Crippen LogP contribution in [0.4, 0.5) is 4.79 Å². The molecule has 140 valence electrons. The quantitative estimate of drug-likeness (QED) is 0.839. The van der Waals surface area contributed by atoms with E-state index < -0.39 is 15.9 Å². The van der Waals surface area contributed by atoms with Gasteiger partial charge in [-0.3, -0.25) is 9.67 Å². The molecule has 1 N–H and O–H groups in total. The third-order valence-electron chi connectivity index (χ3n) is 4.47. The number of nitrogens with zero attached hydrogens (tertiary/aromatic N) is 4. The highest BCUT2D eigenvalue weighted by molar-refractivity contribution is 7.91. The number of hydrogen-bond acceptors (Lipinski definition) is 5. The average Bonchev–Trinajstić information content (AvgIpc) is 3.11. The molecule has 2 amide bonds. The molecule has 2 aromatic heterocycles. The van der Waals surface area contributed by atoms with Crippen LogP contribution in [-0.4, -0.2) is 58.7 Å². The molecule has 0 bridgehead atoms. The summed E-state index contributed by atoms with van der Waals surface area (Å²) in [5.74, 6) is -0.0835. The van der Waals surface area contributed by atoms with Crippen LogP contribution in [0.5, 0.6) is 0 Å². The third-order valence-corrected chi connectivity index (χ3v) is 6.09. The number of aryl methyl sites for hydroxylation is 1. The van der Waals surface area contributed by atoms with E-state index in [1.54, 1.807) is 34.4 Å². The smallest absolute Gasteiger partial charge is 0.317 e. The van der Waals surface area contributed by atoms with Crippen LogP contribution in [0.15, 0.2) is 36.9 Å². The molecule has 0 radical (unpaired) electrons. The fourth-order valence-electron chi connectivity index (χ4n) is 3.01. The number of rotatable bonds is 5. The maximum absolute atomic E-state index is 12.6. The third kappa shape index (κ3) is 4.40. The molecule has 0 aromatic carbocycles. The zero-order chi connectivity index (χ0) is 18.6. The van der Waals surface area contributed by atoms with Gasteiger partial charge in [-0.15, -0.1) is 0 Å². The number of sulfone groups is 1. The summed E-state index contributed by atoms with van der Waals surface area (Å²) in [6, 6.07) is 3.05. The molecule has 3 rings (SSSR count). The number of aromatic nitrogens is 3. The SMILES string of the molecule is CCn1cc(C2CS(=O)(=O)CCN2C(=O)NCCc2cccnc2)cn1. The Hall–Kier alpha value is -2.42. The van der Waals surface area contributed by atoms with Crippen LogP contribution in [0.3, 0.4) is 0 Å². The molecule has 26 heavy (non-hydrogen) atoms. The van der Waals surface area contributed by atoms with Gasteiger partial charge in [0.15, 0.2) is 9.84 Å². The Balaban J connectivity index is 1.67. The van der Waals surface area contributed by atoms with Crippen molar-refractivity contribution in [1.82, 2.24) is 25.0 Å². The molecule has 0 aliphatic carbocycles. The normalized spacial score (nSPS) is 19.3. The number of pyridine rings is 1. The highest BCUT2D eigenvalue weighted by atomic mass is 32.2. The van der Waals surface area contributed by atoms with Gasteiger partial charge in [-0.2, -0.15) is 5.10 Å². The Morgan fingerprint density at radius 1 is 1.38 bits per heavy atom. The van der Waals surface area contributed by atoms with E-state index >= 15 is 0 Å². The van der Waals surface area contributed by atoms with Crippen molar-refractivity contribution < 1.29 is 13.2 Å². The first-order chi connectivity index (χ1) is 12.5. The lowest BCUT2D eigenvalue weighted by atomic mass is 10.1. The minimum atomic E-state index is -3.17. The number of carbonyl (C=O) groups is 1. The minimum Gasteiger partial charge on any atom is -0.338 e. The van der Waals surface area contributed by atoms with Crippen LogP contribution in [0, 0.1) is 0 Å². The molecule has 1 aliphatic heterocycles. The van der Waals surface area contributed by atoms with Crippen LogP contribution in [-0.2, 0) is 22.8 Å². The second-order valence-electron chi connectivity index (χ2n) is 6.30. The largest absolute Gasteiger partial charge is 0.338 e. The van der Waals surface area contributed by atoms with Crippen molar-refractivity contribution in [2.75, 3.05) is 24.6 Å². The minimum absolute atomic E-state index is 0.0125. The molecule has 1 aliphatic rings. The summed E-state index contributed by atoms with van der Waals surface area (Å²) in [6.07, 6.45) is 7.59. The first-order valence-corrected chi connectivity index (χ1v) is 10.5. The summed E-state index contributed by atoms with van der Waals surface area (Å²) < 4.78 is 25.9. The second-order valence-corrected chi connectivity index (χ2v) is 8.52. The van der Waals surface area contributed by atoms with Crippen LogP contribution in [0.2, 0.25) is 0 Å². The van der Waals surface area contributed by atoms with Crippen LogP contribution < -0.4 is 5.32 Å². The van der Waals surface area contributed by atoms with E-state index in [9.17, 15) is 13.2 Å². The Bertz CT molecular complexity index is 850. The van der Waals surface area contributed by atoms with Gasteiger partial charge in [-0.25, -0.2) is 13.2 Å². The molecule has 2 aromatic rings. The van der Waals surface area contributed by atoms with E-state index in [4.69, 9.17) is 0 Å². The number of nitrogens with one attached hydrogen (secondary N) is 1. The molecule has 1 atom stereocenters. The first kappa shape index (κ1) is 18.4. The monoisotopic (exact) mass is 377 g/mol. The summed E-state index contributed by atoms with van der Waals surface area (Å²) >= 11 is 0. The van der Waals surface area contributed by atoms with Gasteiger partial charge in [0.1, 0.15) is 0 Å². The van der Waals surface area contributed by atoms with E-state index in [0.717, 1.165) is 11.1 Å². The summed E-state index contributed by atoms with van der Waals surface area (Å²) in [7, 11) is -3.17. The molecular weight excluding hydrogens is 354 g/mol. The van der Waals surface area contributed by atoms with Crippen molar-refractivity contribution in [2.24, 2.45) is 0 Å². The van der Waals surface area contributed by atoms with Crippen LogP contribution in [0.1, 0.15) is 24.1 Å². The van der Waals surface area contributed by atoms with Gasteiger partial charge in [-0.1, -0.05) is 6.07 Å². The molecule has 0 spiro atoms. The molecule has 1 fully saturated rings. The summed E-state index contributed by atoms with van der Waals surface area (Å²) in [5, 5.41) is 7.10. The highest BCUT2D eigenvalue weighted by Crippen LogP contribution is 2.26. The maximum atomic E-state index is 12.6. The summed E-state index contributed by atoms with van der Waals surface area (Å²) in [5.41, 5.74) is 1.78. The van der Waals surface area contributed by atoms with Gasteiger partial charge in [0, 0.05) is 43.8 Å². The second kappa shape index (κ2) is 7.86. The summed E-state index contributed by atoms with van der Waals surface area (Å²) in [6.45, 7) is 3.30. The van der Waals surface area contributed by atoms with Gasteiger partial charge in [-0.05, 0) is 25.0 Å². The van der Waals surface area contributed by atoms with Gasteiger partial charge >= 0.3 is 6.03 Å². The standard InChI is InChI=1S/C17H23N5O3S/c1-2-21-12-15(11-20-21)16-13-26(24,25)9-8-22(16)17(23)19-7-5-14-4-3-6-18-10-14/h3-4,6,10-12,16H,2,5,7-9,13H2,1H3,(H,19,23). The molecule has 1 unspecified atom stereocenters.